The Kier molecular flexibility index (Phi) is 5.98. The zero-order chi connectivity index (χ0) is 14.5. The van der Waals surface area contributed by atoms with Crippen LogP contribution in [0.1, 0.15) is 23.2 Å². The van der Waals surface area contributed by atoms with Gasteiger partial charge in [-0.2, -0.15) is 5.10 Å². The Labute approximate surface area is 136 Å². The molecule has 2 aromatic rings. The average molecular weight is 321 g/mol. The number of carbonyl (C=O) groups is 1. The Morgan fingerprint density at radius 1 is 1.36 bits per heavy atom. The van der Waals surface area contributed by atoms with Crippen molar-refractivity contribution in [3.05, 3.63) is 48.3 Å². The second-order valence-electron chi connectivity index (χ2n) is 5.42. The quantitative estimate of drug-likeness (QED) is 0.906. The molecular formula is C16H21ClN4O. The van der Waals surface area contributed by atoms with Crippen molar-refractivity contribution < 1.29 is 4.79 Å². The molecule has 1 aliphatic heterocycles. The van der Waals surface area contributed by atoms with Gasteiger partial charge in [0.2, 0.25) is 0 Å². The molecule has 6 heteroatoms. The van der Waals surface area contributed by atoms with Crippen LogP contribution in [0.5, 0.6) is 0 Å². The Bertz CT molecular complexity index is 577. The third-order valence-corrected chi connectivity index (χ3v) is 3.85. The molecule has 0 saturated carbocycles. The van der Waals surface area contributed by atoms with Gasteiger partial charge in [-0.05, 0) is 62.2 Å². The van der Waals surface area contributed by atoms with Crippen LogP contribution in [0, 0.1) is 5.92 Å². The molecule has 0 radical (unpaired) electrons. The maximum Gasteiger partial charge on any atom is 0.251 e. The van der Waals surface area contributed by atoms with E-state index in [-0.39, 0.29) is 18.3 Å². The van der Waals surface area contributed by atoms with Gasteiger partial charge in [-0.25, -0.2) is 4.68 Å². The Morgan fingerprint density at radius 3 is 2.82 bits per heavy atom. The first-order valence-electron chi connectivity index (χ1n) is 7.42. The van der Waals surface area contributed by atoms with Gasteiger partial charge in [0, 0.05) is 24.5 Å². The first kappa shape index (κ1) is 16.5. The number of hydrogen-bond acceptors (Lipinski definition) is 3. The molecule has 0 spiro atoms. The van der Waals surface area contributed by atoms with Gasteiger partial charge < -0.3 is 10.6 Å². The topological polar surface area (TPSA) is 59.0 Å². The molecular weight excluding hydrogens is 300 g/mol. The molecule has 1 amide bonds. The molecule has 1 aliphatic rings. The van der Waals surface area contributed by atoms with Crippen LogP contribution < -0.4 is 10.6 Å². The highest BCUT2D eigenvalue weighted by molar-refractivity contribution is 5.94. The minimum atomic E-state index is -0.00686. The summed E-state index contributed by atoms with van der Waals surface area (Å²) >= 11 is 0. The lowest BCUT2D eigenvalue weighted by atomic mass is 9.99. The van der Waals surface area contributed by atoms with Gasteiger partial charge in [-0.15, -0.1) is 12.4 Å². The number of piperidine rings is 1. The van der Waals surface area contributed by atoms with E-state index in [9.17, 15) is 4.79 Å². The Balaban J connectivity index is 0.00000176. The van der Waals surface area contributed by atoms with Crippen molar-refractivity contribution in [2.24, 2.45) is 5.92 Å². The summed E-state index contributed by atoms with van der Waals surface area (Å²) in [4.78, 5) is 12.1. The maximum atomic E-state index is 12.1. The summed E-state index contributed by atoms with van der Waals surface area (Å²) in [6, 6.07) is 9.36. The molecule has 0 bridgehead atoms. The third kappa shape index (κ3) is 4.08. The van der Waals surface area contributed by atoms with E-state index in [1.807, 2.05) is 36.5 Å². The molecule has 1 atom stereocenters. The zero-order valence-electron chi connectivity index (χ0n) is 12.4. The summed E-state index contributed by atoms with van der Waals surface area (Å²) in [5.74, 6) is 0.540. The molecule has 22 heavy (non-hydrogen) atoms. The molecule has 3 rings (SSSR count). The Morgan fingerprint density at radius 2 is 2.18 bits per heavy atom. The number of carbonyl (C=O) groups excluding carboxylic acids is 1. The van der Waals surface area contributed by atoms with Gasteiger partial charge >= 0.3 is 0 Å². The van der Waals surface area contributed by atoms with Crippen molar-refractivity contribution in [1.29, 1.82) is 0 Å². The summed E-state index contributed by atoms with van der Waals surface area (Å²) < 4.78 is 1.77. The first-order chi connectivity index (χ1) is 10.3. The summed E-state index contributed by atoms with van der Waals surface area (Å²) in [6.07, 6.45) is 5.99. The third-order valence-electron chi connectivity index (χ3n) is 3.85. The minimum absolute atomic E-state index is 0. The van der Waals surface area contributed by atoms with E-state index < -0.39 is 0 Å². The molecule has 2 heterocycles. The standard InChI is InChI=1S/C16H20N4O.ClH/c21-16(18-12-13-3-1-8-17-11-13)14-4-6-15(7-5-14)20-10-2-9-19-20;/h2,4-7,9-10,13,17H,1,3,8,11-12H2,(H,18,21);1H. The van der Waals surface area contributed by atoms with Crippen LogP contribution in [0.3, 0.4) is 0 Å². The predicted octanol–water partition coefficient (Wildman–Crippen LogP) is 2.02. The van der Waals surface area contributed by atoms with E-state index in [1.54, 1.807) is 10.9 Å². The fourth-order valence-corrected chi connectivity index (χ4v) is 2.62. The van der Waals surface area contributed by atoms with Crippen LogP contribution in [0.15, 0.2) is 42.7 Å². The predicted molar refractivity (Wildman–Crippen MR) is 88.7 cm³/mol. The second-order valence-corrected chi connectivity index (χ2v) is 5.42. The largest absolute Gasteiger partial charge is 0.352 e. The maximum absolute atomic E-state index is 12.1. The van der Waals surface area contributed by atoms with E-state index in [1.165, 1.54) is 12.8 Å². The number of rotatable bonds is 4. The summed E-state index contributed by atoms with van der Waals surface area (Å²) in [7, 11) is 0. The zero-order valence-corrected chi connectivity index (χ0v) is 13.2. The van der Waals surface area contributed by atoms with Crippen molar-refractivity contribution in [3.63, 3.8) is 0 Å². The minimum Gasteiger partial charge on any atom is -0.352 e. The van der Waals surface area contributed by atoms with Crippen molar-refractivity contribution in [1.82, 2.24) is 20.4 Å². The van der Waals surface area contributed by atoms with E-state index in [0.29, 0.717) is 11.5 Å². The first-order valence-corrected chi connectivity index (χ1v) is 7.42. The molecule has 0 aliphatic carbocycles. The van der Waals surface area contributed by atoms with Gasteiger partial charge in [0.05, 0.1) is 5.69 Å². The van der Waals surface area contributed by atoms with Gasteiger partial charge in [0.25, 0.3) is 5.91 Å². The molecule has 1 fully saturated rings. The van der Waals surface area contributed by atoms with Gasteiger partial charge in [0.15, 0.2) is 0 Å². The van der Waals surface area contributed by atoms with Crippen LogP contribution in [0.25, 0.3) is 5.69 Å². The van der Waals surface area contributed by atoms with Crippen molar-refractivity contribution in [3.8, 4) is 5.69 Å². The van der Waals surface area contributed by atoms with Crippen LogP contribution in [-0.4, -0.2) is 35.3 Å². The van der Waals surface area contributed by atoms with Crippen LogP contribution in [0.4, 0.5) is 0 Å². The Hall–Kier alpha value is -1.85. The van der Waals surface area contributed by atoms with Crippen LogP contribution in [0.2, 0.25) is 0 Å². The second kappa shape index (κ2) is 7.96. The highest BCUT2D eigenvalue weighted by Gasteiger charge is 2.14. The van der Waals surface area contributed by atoms with Crippen molar-refractivity contribution >= 4 is 18.3 Å². The summed E-state index contributed by atoms with van der Waals surface area (Å²) in [6.45, 7) is 2.84. The lowest BCUT2D eigenvalue weighted by Crippen LogP contribution is -2.38. The van der Waals surface area contributed by atoms with Crippen molar-refractivity contribution in [2.75, 3.05) is 19.6 Å². The molecule has 1 aromatic carbocycles. The number of amides is 1. The molecule has 5 nitrogen and oxygen atoms in total. The molecule has 1 unspecified atom stereocenters. The SMILES string of the molecule is Cl.O=C(NCC1CCCNC1)c1ccc(-n2cccn2)cc1. The van der Waals surface area contributed by atoms with Crippen LogP contribution >= 0.6 is 12.4 Å². The molecule has 2 N–H and O–H groups in total. The number of nitrogens with zero attached hydrogens (tertiary/aromatic N) is 2. The van der Waals surface area contributed by atoms with Gasteiger partial charge in [-0.1, -0.05) is 0 Å². The van der Waals surface area contributed by atoms with E-state index in [0.717, 1.165) is 25.3 Å². The number of nitrogens with one attached hydrogen (secondary N) is 2. The lowest BCUT2D eigenvalue weighted by Gasteiger charge is -2.22. The molecule has 118 valence electrons. The number of aromatic nitrogens is 2. The van der Waals surface area contributed by atoms with E-state index in [4.69, 9.17) is 0 Å². The smallest absolute Gasteiger partial charge is 0.251 e. The monoisotopic (exact) mass is 320 g/mol. The lowest BCUT2D eigenvalue weighted by molar-refractivity contribution is 0.0945. The van der Waals surface area contributed by atoms with E-state index >= 15 is 0 Å². The number of hydrogen-bond donors (Lipinski definition) is 2. The summed E-state index contributed by atoms with van der Waals surface area (Å²) in [5, 5.41) is 10.5. The van der Waals surface area contributed by atoms with Gasteiger partial charge in [0.1, 0.15) is 0 Å². The van der Waals surface area contributed by atoms with Crippen molar-refractivity contribution in [2.45, 2.75) is 12.8 Å². The van der Waals surface area contributed by atoms with E-state index in [2.05, 4.69) is 15.7 Å². The van der Waals surface area contributed by atoms with Gasteiger partial charge in [-0.3, -0.25) is 4.79 Å². The molecule has 1 aromatic heterocycles. The number of halogens is 1. The normalized spacial score (nSPS) is 17.5. The fourth-order valence-electron chi connectivity index (χ4n) is 2.62. The molecule has 1 saturated heterocycles. The highest BCUT2D eigenvalue weighted by atomic mass is 35.5. The van der Waals surface area contributed by atoms with Crippen LogP contribution in [-0.2, 0) is 0 Å². The summed E-state index contributed by atoms with van der Waals surface area (Å²) in [5.41, 5.74) is 1.64. The average Bonchev–Trinajstić information content (AvgIpc) is 3.08. The fraction of sp³-hybridized carbons (Fsp3) is 0.375. The highest BCUT2D eigenvalue weighted by Crippen LogP contribution is 2.10. The number of benzene rings is 1.